The zero-order chi connectivity index (χ0) is 6.10. The third-order valence-electron chi connectivity index (χ3n) is 1.80. The lowest BCUT2D eigenvalue weighted by Crippen LogP contribution is -2.19. The summed E-state index contributed by atoms with van der Waals surface area (Å²) in [6.07, 6.45) is 7.38. The van der Waals surface area contributed by atoms with Gasteiger partial charge in [0.05, 0.1) is 6.04 Å². The summed E-state index contributed by atoms with van der Waals surface area (Å²) in [6.45, 7) is 1.12. The van der Waals surface area contributed by atoms with Crippen LogP contribution in [-0.2, 0) is 0 Å². The van der Waals surface area contributed by atoms with Gasteiger partial charge in [0, 0.05) is 6.54 Å². The molecular weight excluding hydrogens is 110 g/mol. The summed E-state index contributed by atoms with van der Waals surface area (Å²) in [5.74, 6) is 0. The van der Waals surface area contributed by atoms with Crippen LogP contribution in [0.1, 0.15) is 6.42 Å². The van der Waals surface area contributed by atoms with Gasteiger partial charge in [-0.2, -0.15) is 0 Å². The fraction of sp³-hybridized carbons (Fsp3) is 0.375. The topological polar surface area (TPSA) is 12.0 Å². The van der Waals surface area contributed by atoms with E-state index in [0.717, 1.165) is 6.54 Å². The van der Waals surface area contributed by atoms with E-state index >= 15 is 0 Å². The van der Waals surface area contributed by atoms with Crippen LogP contribution in [0.3, 0.4) is 0 Å². The smallest absolute Gasteiger partial charge is 0.0544 e. The van der Waals surface area contributed by atoms with Crippen molar-refractivity contribution in [2.24, 2.45) is 0 Å². The molecule has 0 amide bonds. The van der Waals surface area contributed by atoms with Gasteiger partial charge in [-0.15, -0.1) is 5.73 Å². The fourth-order valence-corrected chi connectivity index (χ4v) is 1.31. The van der Waals surface area contributed by atoms with E-state index < -0.39 is 0 Å². The van der Waals surface area contributed by atoms with E-state index in [2.05, 4.69) is 17.1 Å². The minimum atomic E-state index is 0.509. The summed E-state index contributed by atoms with van der Waals surface area (Å²) in [5.41, 5.74) is 4.64. The molecule has 1 saturated heterocycles. The lowest BCUT2D eigenvalue weighted by molar-refractivity contribution is 0.772. The van der Waals surface area contributed by atoms with Crippen molar-refractivity contribution in [3.05, 3.63) is 29.5 Å². The molecule has 0 spiro atoms. The van der Waals surface area contributed by atoms with Gasteiger partial charge < -0.3 is 5.32 Å². The Balaban J connectivity index is 2.39. The molecule has 46 valence electrons. The zero-order valence-electron chi connectivity index (χ0n) is 5.22. The number of hydrogen-bond donors (Lipinski definition) is 1. The molecule has 1 heterocycles. The molecule has 1 aliphatic carbocycles. The summed E-state index contributed by atoms with van der Waals surface area (Å²) >= 11 is 0. The van der Waals surface area contributed by atoms with Crippen molar-refractivity contribution in [1.82, 2.24) is 5.32 Å². The molecule has 1 unspecified atom stereocenters. The van der Waals surface area contributed by atoms with Gasteiger partial charge in [0.2, 0.25) is 0 Å². The first-order chi connectivity index (χ1) is 4.47. The van der Waals surface area contributed by atoms with E-state index in [4.69, 9.17) is 0 Å². The average molecular weight is 119 g/mol. The van der Waals surface area contributed by atoms with Crippen molar-refractivity contribution in [3.63, 3.8) is 0 Å². The Morgan fingerprint density at radius 2 is 2.67 bits per heavy atom. The standard InChI is InChI=1S/C8H9N/c1-2-4-8-7(3-1)5-6-9-8/h1-2,4,8-9H,5-6H2. The van der Waals surface area contributed by atoms with Crippen molar-refractivity contribution >= 4 is 0 Å². The van der Waals surface area contributed by atoms with Crippen LogP contribution < -0.4 is 5.32 Å². The highest BCUT2D eigenvalue weighted by molar-refractivity contribution is 5.28. The normalized spacial score (nSPS) is 30.2. The Morgan fingerprint density at radius 3 is 3.56 bits per heavy atom. The van der Waals surface area contributed by atoms with Gasteiger partial charge in [-0.1, -0.05) is 12.2 Å². The van der Waals surface area contributed by atoms with Crippen molar-refractivity contribution < 1.29 is 0 Å². The molecule has 0 bridgehead atoms. The second-order valence-electron chi connectivity index (χ2n) is 2.40. The van der Waals surface area contributed by atoms with Gasteiger partial charge in [0.15, 0.2) is 0 Å². The van der Waals surface area contributed by atoms with Crippen LogP contribution in [0, 0.1) is 0 Å². The average Bonchev–Trinajstić information content (AvgIpc) is 2.33. The third-order valence-corrected chi connectivity index (χ3v) is 1.80. The van der Waals surface area contributed by atoms with Gasteiger partial charge in [-0.25, -0.2) is 0 Å². The summed E-state index contributed by atoms with van der Waals surface area (Å²) in [6, 6.07) is 0.509. The van der Waals surface area contributed by atoms with Crippen LogP contribution in [0.25, 0.3) is 0 Å². The highest BCUT2D eigenvalue weighted by Crippen LogP contribution is 2.15. The van der Waals surface area contributed by atoms with E-state index in [1.54, 1.807) is 0 Å². The number of rotatable bonds is 0. The van der Waals surface area contributed by atoms with Crippen molar-refractivity contribution in [2.45, 2.75) is 12.5 Å². The van der Waals surface area contributed by atoms with Crippen LogP contribution in [-0.4, -0.2) is 12.6 Å². The first-order valence-corrected chi connectivity index (χ1v) is 3.32. The van der Waals surface area contributed by atoms with Gasteiger partial charge in [0.1, 0.15) is 0 Å². The van der Waals surface area contributed by atoms with Crippen LogP contribution in [0.15, 0.2) is 29.5 Å². The zero-order valence-corrected chi connectivity index (χ0v) is 5.22. The molecule has 1 fully saturated rings. The molecule has 1 nitrogen and oxygen atoms in total. The number of fused-ring (bicyclic) bond motifs is 1. The molecule has 1 heteroatoms. The van der Waals surface area contributed by atoms with E-state index in [1.165, 1.54) is 12.0 Å². The van der Waals surface area contributed by atoms with E-state index in [-0.39, 0.29) is 0 Å². The van der Waals surface area contributed by atoms with Crippen molar-refractivity contribution in [3.8, 4) is 0 Å². The largest absolute Gasteiger partial charge is 0.306 e. The maximum Gasteiger partial charge on any atom is 0.0544 e. The Kier molecular flexibility index (Phi) is 1.05. The first-order valence-electron chi connectivity index (χ1n) is 3.32. The molecule has 0 aromatic rings. The van der Waals surface area contributed by atoms with E-state index in [0.29, 0.717) is 6.04 Å². The number of hydrogen-bond acceptors (Lipinski definition) is 1. The van der Waals surface area contributed by atoms with Crippen LogP contribution in [0.2, 0.25) is 0 Å². The molecule has 0 aromatic carbocycles. The maximum absolute atomic E-state index is 3.35. The van der Waals surface area contributed by atoms with Crippen LogP contribution in [0.5, 0.6) is 0 Å². The molecular formula is C8H9N. The summed E-state index contributed by atoms with van der Waals surface area (Å²) in [5, 5.41) is 3.35. The minimum Gasteiger partial charge on any atom is -0.306 e. The maximum atomic E-state index is 3.35. The monoisotopic (exact) mass is 119 g/mol. The second-order valence-corrected chi connectivity index (χ2v) is 2.40. The molecule has 2 rings (SSSR count). The predicted octanol–water partition coefficient (Wildman–Crippen LogP) is 1.000. The van der Waals surface area contributed by atoms with Gasteiger partial charge >= 0.3 is 0 Å². The highest BCUT2D eigenvalue weighted by atomic mass is 14.9. The molecule has 0 radical (unpaired) electrons. The van der Waals surface area contributed by atoms with Crippen LogP contribution in [0.4, 0.5) is 0 Å². The first kappa shape index (κ1) is 5.04. The molecule has 0 saturated carbocycles. The predicted molar refractivity (Wildman–Crippen MR) is 37.1 cm³/mol. The van der Waals surface area contributed by atoms with Gasteiger partial charge in [-0.3, -0.25) is 0 Å². The molecule has 1 N–H and O–H groups in total. The Bertz CT molecular complexity index is 207. The number of nitrogens with one attached hydrogen (secondary N) is 1. The lowest BCUT2D eigenvalue weighted by atomic mass is 10.1. The van der Waals surface area contributed by atoms with Gasteiger partial charge in [-0.05, 0) is 18.1 Å². The molecule has 0 aromatic heterocycles. The highest BCUT2D eigenvalue weighted by Gasteiger charge is 2.17. The minimum absolute atomic E-state index is 0.509. The SMILES string of the molecule is C1=CC=CC2NCCC=12. The Morgan fingerprint density at radius 1 is 1.67 bits per heavy atom. The summed E-state index contributed by atoms with van der Waals surface area (Å²) < 4.78 is 0. The Labute approximate surface area is 54.8 Å². The second kappa shape index (κ2) is 1.87. The number of allylic oxidation sites excluding steroid dienone is 1. The molecule has 2 aliphatic rings. The quantitative estimate of drug-likeness (QED) is 0.469. The van der Waals surface area contributed by atoms with Crippen molar-refractivity contribution in [2.75, 3.05) is 6.54 Å². The molecule has 1 atom stereocenters. The van der Waals surface area contributed by atoms with E-state index in [9.17, 15) is 0 Å². The lowest BCUT2D eigenvalue weighted by Gasteiger charge is -2.05. The van der Waals surface area contributed by atoms with Gasteiger partial charge in [0.25, 0.3) is 0 Å². The summed E-state index contributed by atoms with van der Waals surface area (Å²) in [4.78, 5) is 0. The molecule has 1 aliphatic heterocycles. The van der Waals surface area contributed by atoms with Crippen molar-refractivity contribution in [1.29, 1.82) is 0 Å². The third kappa shape index (κ3) is 0.748. The van der Waals surface area contributed by atoms with E-state index in [1.807, 2.05) is 12.2 Å². The fourth-order valence-electron chi connectivity index (χ4n) is 1.31. The Hall–Kier alpha value is -0.780. The van der Waals surface area contributed by atoms with Crippen LogP contribution >= 0.6 is 0 Å². The molecule has 9 heavy (non-hydrogen) atoms. The summed E-state index contributed by atoms with van der Waals surface area (Å²) in [7, 11) is 0.